The van der Waals surface area contributed by atoms with Crippen molar-refractivity contribution in [3.63, 3.8) is 0 Å². The molecule has 6 heteroatoms. The molecule has 1 aliphatic heterocycles. The number of fused-ring (bicyclic) bond motifs is 1. The van der Waals surface area contributed by atoms with E-state index in [1.165, 1.54) is 12.1 Å². The predicted molar refractivity (Wildman–Crippen MR) is 91.4 cm³/mol. The van der Waals surface area contributed by atoms with Crippen molar-refractivity contribution in [1.29, 1.82) is 0 Å². The van der Waals surface area contributed by atoms with Gasteiger partial charge in [0.25, 0.3) is 5.91 Å². The Morgan fingerprint density at radius 3 is 2.28 bits per heavy atom. The lowest BCUT2D eigenvalue weighted by molar-refractivity contribution is 0.0697. The predicted octanol–water partition coefficient (Wildman–Crippen LogP) is 2.60. The Bertz CT molecular complexity index is 831. The van der Waals surface area contributed by atoms with Crippen molar-refractivity contribution < 1.29 is 24.2 Å². The second-order valence-electron chi connectivity index (χ2n) is 5.84. The number of carboxylic acid groups (broad SMARTS) is 1. The monoisotopic (exact) mass is 341 g/mol. The summed E-state index contributed by atoms with van der Waals surface area (Å²) >= 11 is 0. The third-order valence-corrected chi connectivity index (χ3v) is 4.36. The summed E-state index contributed by atoms with van der Waals surface area (Å²) < 4.78 is 10.7. The highest BCUT2D eigenvalue weighted by molar-refractivity contribution is 5.97. The molecule has 0 aromatic heterocycles. The molecule has 0 saturated heterocycles. The molecule has 1 aliphatic rings. The zero-order valence-electron chi connectivity index (χ0n) is 14.1. The van der Waals surface area contributed by atoms with Gasteiger partial charge in [0.05, 0.1) is 19.8 Å². The first kappa shape index (κ1) is 16.8. The number of carbonyl (C=O) groups excluding carboxylic acids is 1. The van der Waals surface area contributed by atoms with Crippen molar-refractivity contribution in [3.8, 4) is 11.5 Å². The van der Waals surface area contributed by atoms with Gasteiger partial charge >= 0.3 is 5.97 Å². The maximum Gasteiger partial charge on any atom is 0.335 e. The number of hydrogen-bond acceptors (Lipinski definition) is 4. The lowest BCUT2D eigenvalue weighted by Gasteiger charge is -2.29. The third kappa shape index (κ3) is 3.28. The number of aromatic carboxylic acids is 1. The lowest BCUT2D eigenvalue weighted by Crippen LogP contribution is -2.36. The molecule has 1 N–H and O–H groups in total. The van der Waals surface area contributed by atoms with Gasteiger partial charge in [-0.2, -0.15) is 0 Å². The van der Waals surface area contributed by atoms with E-state index in [0.717, 1.165) is 11.1 Å². The van der Waals surface area contributed by atoms with Crippen molar-refractivity contribution in [2.45, 2.75) is 13.0 Å². The molecule has 1 amide bonds. The van der Waals surface area contributed by atoms with Crippen LogP contribution >= 0.6 is 0 Å². The number of hydrogen-bond donors (Lipinski definition) is 1. The first-order valence-electron chi connectivity index (χ1n) is 7.90. The number of rotatable bonds is 4. The van der Waals surface area contributed by atoms with Crippen molar-refractivity contribution >= 4 is 11.9 Å². The van der Waals surface area contributed by atoms with Gasteiger partial charge in [0.15, 0.2) is 11.5 Å². The average Bonchev–Trinajstić information content (AvgIpc) is 2.65. The zero-order chi connectivity index (χ0) is 18.0. The number of ether oxygens (including phenoxy) is 2. The van der Waals surface area contributed by atoms with Gasteiger partial charge in [0.1, 0.15) is 0 Å². The van der Waals surface area contributed by atoms with Crippen LogP contribution in [0.1, 0.15) is 31.8 Å². The van der Waals surface area contributed by atoms with E-state index in [-0.39, 0.29) is 11.5 Å². The SMILES string of the molecule is COc1cc2c(cc1OC)CN(C(=O)c1cccc(C(=O)O)c1)CC2. The number of benzene rings is 2. The van der Waals surface area contributed by atoms with E-state index in [1.54, 1.807) is 31.3 Å². The standard InChI is InChI=1S/C19H19NO5/c1-24-16-9-12-6-7-20(11-15(12)10-17(16)25-2)18(21)13-4-3-5-14(8-13)19(22)23/h3-5,8-10H,6-7,11H2,1-2H3,(H,22,23). The van der Waals surface area contributed by atoms with Crippen molar-refractivity contribution in [2.75, 3.05) is 20.8 Å². The zero-order valence-corrected chi connectivity index (χ0v) is 14.1. The first-order chi connectivity index (χ1) is 12.0. The first-order valence-corrected chi connectivity index (χ1v) is 7.90. The van der Waals surface area contributed by atoms with Gasteiger partial charge < -0.3 is 19.5 Å². The number of amides is 1. The molecule has 2 aromatic carbocycles. The van der Waals surface area contributed by atoms with Gasteiger partial charge in [-0.3, -0.25) is 4.79 Å². The Morgan fingerprint density at radius 1 is 1.00 bits per heavy atom. The molecule has 0 spiro atoms. The van der Waals surface area contributed by atoms with Crippen molar-refractivity contribution in [3.05, 3.63) is 58.7 Å². The molecule has 0 fully saturated rings. The van der Waals surface area contributed by atoms with Crippen LogP contribution in [0.4, 0.5) is 0 Å². The fourth-order valence-electron chi connectivity index (χ4n) is 3.02. The Hall–Kier alpha value is -3.02. The Balaban J connectivity index is 1.86. The van der Waals surface area contributed by atoms with Gasteiger partial charge in [-0.05, 0) is 47.9 Å². The van der Waals surface area contributed by atoms with Crippen LogP contribution < -0.4 is 9.47 Å². The molecule has 0 radical (unpaired) electrons. The van der Waals surface area contributed by atoms with Crippen LogP contribution in [0.5, 0.6) is 11.5 Å². The smallest absolute Gasteiger partial charge is 0.335 e. The van der Waals surface area contributed by atoms with E-state index in [2.05, 4.69) is 0 Å². The summed E-state index contributed by atoms with van der Waals surface area (Å²) in [6, 6.07) is 9.94. The van der Waals surface area contributed by atoms with Crippen molar-refractivity contribution in [1.82, 2.24) is 4.90 Å². The quantitative estimate of drug-likeness (QED) is 0.925. The number of carboxylic acids is 1. The molecule has 130 valence electrons. The number of nitrogens with zero attached hydrogens (tertiary/aromatic N) is 1. The molecule has 0 aliphatic carbocycles. The van der Waals surface area contributed by atoms with Crippen LogP contribution in [0.15, 0.2) is 36.4 Å². The van der Waals surface area contributed by atoms with E-state index < -0.39 is 5.97 Å². The Morgan fingerprint density at radius 2 is 1.64 bits per heavy atom. The summed E-state index contributed by atoms with van der Waals surface area (Å²) in [5, 5.41) is 9.09. The molecule has 25 heavy (non-hydrogen) atoms. The summed E-state index contributed by atoms with van der Waals surface area (Å²) in [5.41, 5.74) is 2.62. The van der Waals surface area contributed by atoms with E-state index in [0.29, 0.717) is 36.6 Å². The molecular formula is C19H19NO5. The Labute approximate surface area is 145 Å². The summed E-state index contributed by atoms with van der Waals surface area (Å²) in [6.07, 6.45) is 0.708. The number of methoxy groups -OCH3 is 2. The molecule has 2 aromatic rings. The topological polar surface area (TPSA) is 76.1 Å². The summed E-state index contributed by atoms with van der Waals surface area (Å²) in [4.78, 5) is 25.6. The van der Waals surface area contributed by atoms with E-state index in [1.807, 2.05) is 12.1 Å². The van der Waals surface area contributed by atoms with Crippen LogP contribution in [-0.4, -0.2) is 42.6 Å². The van der Waals surface area contributed by atoms with E-state index in [9.17, 15) is 9.59 Å². The fraction of sp³-hybridized carbons (Fsp3) is 0.263. The third-order valence-electron chi connectivity index (χ3n) is 4.36. The van der Waals surface area contributed by atoms with E-state index in [4.69, 9.17) is 14.6 Å². The van der Waals surface area contributed by atoms with Crippen molar-refractivity contribution in [2.24, 2.45) is 0 Å². The summed E-state index contributed by atoms with van der Waals surface area (Å²) in [5.74, 6) is 0.0811. The summed E-state index contributed by atoms with van der Waals surface area (Å²) in [6.45, 7) is 1.02. The second kappa shape index (κ2) is 6.84. The lowest BCUT2D eigenvalue weighted by atomic mass is 9.98. The second-order valence-corrected chi connectivity index (χ2v) is 5.84. The summed E-state index contributed by atoms with van der Waals surface area (Å²) in [7, 11) is 3.17. The number of carbonyl (C=O) groups is 2. The highest BCUT2D eigenvalue weighted by Gasteiger charge is 2.24. The fourth-order valence-corrected chi connectivity index (χ4v) is 3.02. The normalized spacial score (nSPS) is 13.1. The van der Waals surface area contributed by atoms with Crippen LogP contribution in [0.3, 0.4) is 0 Å². The van der Waals surface area contributed by atoms with Gasteiger partial charge in [0, 0.05) is 18.7 Å². The molecule has 1 heterocycles. The molecule has 6 nitrogen and oxygen atoms in total. The van der Waals surface area contributed by atoms with E-state index >= 15 is 0 Å². The van der Waals surface area contributed by atoms with Crippen LogP contribution in [0.25, 0.3) is 0 Å². The minimum atomic E-state index is -1.05. The maximum atomic E-state index is 12.7. The molecule has 0 bridgehead atoms. The van der Waals surface area contributed by atoms with Gasteiger partial charge in [-0.15, -0.1) is 0 Å². The van der Waals surface area contributed by atoms with Crippen LogP contribution in [-0.2, 0) is 13.0 Å². The Kier molecular flexibility index (Phi) is 4.61. The molecule has 0 atom stereocenters. The minimum absolute atomic E-state index is 0.106. The minimum Gasteiger partial charge on any atom is -0.493 e. The molecule has 0 unspecified atom stereocenters. The van der Waals surface area contributed by atoms with Gasteiger partial charge in [0.2, 0.25) is 0 Å². The molecular weight excluding hydrogens is 322 g/mol. The highest BCUT2D eigenvalue weighted by atomic mass is 16.5. The van der Waals surface area contributed by atoms with Gasteiger partial charge in [-0.1, -0.05) is 6.07 Å². The maximum absolute atomic E-state index is 12.7. The largest absolute Gasteiger partial charge is 0.493 e. The van der Waals surface area contributed by atoms with Gasteiger partial charge in [-0.25, -0.2) is 4.79 Å². The average molecular weight is 341 g/mol. The molecule has 3 rings (SSSR count). The molecule has 0 saturated carbocycles. The van der Waals surface area contributed by atoms with Crippen LogP contribution in [0, 0.1) is 0 Å². The highest BCUT2D eigenvalue weighted by Crippen LogP contribution is 2.33. The van der Waals surface area contributed by atoms with Crippen LogP contribution in [0.2, 0.25) is 0 Å².